The van der Waals surface area contributed by atoms with Crippen LogP contribution in [-0.2, 0) is 0 Å². The summed E-state index contributed by atoms with van der Waals surface area (Å²) in [4.78, 5) is 11.9. The molecule has 3 nitrogen and oxygen atoms in total. The largest absolute Gasteiger partial charge is 0.394 e. The summed E-state index contributed by atoms with van der Waals surface area (Å²) in [6.07, 6.45) is 0.712. The van der Waals surface area contributed by atoms with E-state index in [1.54, 1.807) is 0 Å². The summed E-state index contributed by atoms with van der Waals surface area (Å²) in [5, 5.41) is 11.8. The van der Waals surface area contributed by atoms with Gasteiger partial charge in [0.1, 0.15) is 0 Å². The van der Waals surface area contributed by atoms with E-state index in [1.807, 2.05) is 25.1 Å². The van der Waals surface area contributed by atoms with Crippen molar-refractivity contribution in [1.29, 1.82) is 0 Å². The standard InChI is InChI=1S/C11H13BrINO2/c1-2-8(6-15)14-11(16)9-5-7(13)3-4-10(9)12/h3-5,8,15H,2,6H2,1H3,(H,14,16). The van der Waals surface area contributed by atoms with Gasteiger partial charge in [-0.25, -0.2) is 0 Å². The van der Waals surface area contributed by atoms with Gasteiger partial charge in [0.25, 0.3) is 5.91 Å². The molecule has 0 aliphatic carbocycles. The monoisotopic (exact) mass is 397 g/mol. The molecule has 0 saturated heterocycles. The highest BCUT2D eigenvalue weighted by molar-refractivity contribution is 14.1. The molecule has 0 spiro atoms. The van der Waals surface area contributed by atoms with Crippen LogP contribution in [0.1, 0.15) is 23.7 Å². The first kappa shape index (κ1) is 13.9. The highest BCUT2D eigenvalue weighted by Crippen LogP contribution is 2.19. The maximum absolute atomic E-state index is 11.9. The molecule has 1 aromatic rings. The zero-order chi connectivity index (χ0) is 12.1. The van der Waals surface area contributed by atoms with Crippen LogP contribution in [0.4, 0.5) is 0 Å². The van der Waals surface area contributed by atoms with Gasteiger partial charge in [-0.3, -0.25) is 4.79 Å². The lowest BCUT2D eigenvalue weighted by atomic mass is 10.2. The Morgan fingerprint density at radius 3 is 2.88 bits per heavy atom. The number of nitrogens with one attached hydrogen (secondary N) is 1. The second-order valence-corrected chi connectivity index (χ2v) is 5.49. The summed E-state index contributed by atoms with van der Waals surface area (Å²) in [6.45, 7) is 1.88. The molecule has 5 heteroatoms. The fourth-order valence-electron chi connectivity index (χ4n) is 1.21. The first-order valence-electron chi connectivity index (χ1n) is 4.95. The van der Waals surface area contributed by atoms with Crippen LogP contribution in [0.5, 0.6) is 0 Å². The zero-order valence-electron chi connectivity index (χ0n) is 8.84. The first-order valence-corrected chi connectivity index (χ1v) is 6.82. The van der Waals surface area contributed by atoms with Crippen molar-refractivity contribution in [2.24, 2.45) is 0 Å². The fraction of sp³-hybridized carbons (Fsp3) is 0.364. The van der Waals surface area contributed by atoms with E-state index >= 15 is 0 Å². The smallest absolute Gasteiger partial charge is 0.252 e. The zero-order valence-corrected chi connectivity index (χ0v) is 12.6. The van der Waals surface area contributed by atoms with Crippen LogP contribution < -0.4 is 5.32 Å². The van der Waals surface area contributed by atoms with Crippen LogP contribution in [0.15, 0.2) is 22.7 Å². The summed E-state index contributed by atoms with van der Waals surface area (Å²) >= 11 is 5.50. The van der Waals surface area contributed by atoms with Crippen molar-refractivity contribution in [1.82, 2.24) is 5.32 Å². The first-order chi connectivity index (χ1) is 7.58. The van der Waals surface area contributed by atoms with Gasteiger partial charge < -0.3 is 10.4 Å². The van der Waals surface area contributed by atoms with Crippen molar-refractivity contribution in [2.75, 3.05) is 6.61 Å². The van der Waals surface area contributed by atoms with Crippen molar-refractivity contribution < 1.29 is 9.90 Å². The molecule has 0 heterocycles. The summed E-state index contributed by atoms with van der Waals surface area (Å²) in [5.41, 5.74) is 0.596. The molecule has 1 rings (SSSR count). The van der Waals surface area contributed by atoms with E-state index in [0.29, 0.717) is 12.0 Å². The number of aliphatic hydroxyl groups excluding tert-OH is 1. The SMILES string of the molecule is CCC(CO)NC(=O)c1cc(I)ccc1Br. The van der Waals surface area contributed by atoms with Crippen LogP contribution in [0.3, 0.4) is 0 Å². The van der Waals surface area contributed by atoms with E-state index in [2.05, 4.69) is 43.8 Å². The number of halogens is 2. The number of amides is 1. The topological polar surface area (TPSA) is 49.3 Å². The van der Waals surface area contributed by atoms with E-state index in [1.165, 1.54) is 0 Å². The van der Waals surface area contributed by atoms with Gasteiger partial charge in [-0.15, -0.1) is 0 Å². The minimum atomic E-state index is -0.183. The van der Waals surface area contributed by atoms with Gasteiger partial charge in [-0.05, 0) is 63.1 Å². The molecule has 2 N–H and O–H groups in total. The Labute approximate surface area is 117 Å². The highest BCUT2D eigenvalue weighted by atomic mass is 127. The van der Waals surface area contributed by atoms with Crippen molar-refractivity contribution >= 4 is 44.4 Å². The predicted molar refractivity (Wildman–Crippen MR) is 75.5 cm³/mol. The van der Waals surface area contributed by atoms with Crippen LogP contribution in [0, 0.1) is 3.57 Å². The van der Waals surface area contributed by atoms with Crippen LogP contribution in [-0.4, -0.2) is 23.7 Å². The molecule has 1 amide bonds. The number of hydrogen-bond donors (Lipinski definition) is 2. The fourth-order valence-corrected chi connectivity index (χ4v) is 2.13. The van der Waals surface area contributed by atoms with Gasteiger partial charge in [0.2, 0.25) is 0 Å². The minimum absolute atomic E-state index is 0.0379. The van der Waals surface area contributed by atoms with Crippen molar-refractivity contribution in [3.05, 3.63) is 31.8 Å². The van der Waals surface area contributed by atoms with Crippen molar-refractivity contribution in [3.8, 4) is 0 Å². The minimum Gasteiger partial charge on any atom is -0.394 e. The molecule has 1 aromatic carbocycles. The summed E-state index contributed by atoms with van der Waals surface area (Å²) in [7, 11) is 0. The molecule has 88 valence electrons. The molecule has 0 aromatic heterocycles. The molecule has 0 fully saturated rings. The molecule has 0 radical (unpaired) electrons. The number of carbonyl (C=O) groups is 1. The quantitative estimate of drug-likeness (QED) is 0.767. The Balaban J connectivity index is 2.83. The van der Waals surface area contributed by atoms with Gasteiger partial charge >= 0.3 is 0 Å². The maximum atomic E-state index is 11.9. The normalized spacial score (nSPS) is 12.2. The molecular weight excluding hydrogens is 385 g/mol. The number of carbonyl (C=O) groups excluding carboxylic acids is 1. The van der Waals surface area contributed by atoms with Crippen LogP contribution >= 0.6 is 38.5 Å². The Morgan fingerprint density at radius 2 is 2.31 bits per heavy atom. The third-order valence-electron chi connectivity index (χ3n) is 2.22. The van der Waals surface area contributed by atoms with Gasteiger partial charge in [0, 0.05) is 8.04 Å². The Kier molecular flexibility index (Phi) is 5.71. The second kappa shape index (κ2) is 6.56. The second-order valence-electron chi connectivity index (χ2n) is 3.39. The Morgan fingerprint density at radius 1 is 1.62 bits per heavy atom. The van der Waals surface area contributed by atoms with E-state index in [9.17, 15) is 4.79 Å². The average molecular weight is 398 g/mol. The van der Waals surface area contributed by atoms with Gasteiger partial charge in [0.15, 0.2) is 0 Å². The predicted octanol–water partition coefficient (Wildman–Crippen LogP) is 2.55. The maximum Gasteiger partial charge on any atom is 0.252 e. The molecule has 0 aliphatic heterocycles. The lowest BCUT2D eigenvalue weighted by Crippen LogP contribution is -2.37. The molecule has 0 aliphatic rings. The number of benzene rings is 1. The molecular formula is C11H13BrINO2. The third kappa shape index (κ3) is 3.71. The summed E-state index contributed by atoms with van der Waals surface area (Å²) in [5.74, 6) is -0.161. The molecule has 0 bridgehead atoms. The summed E-state index contributed by atoms with van der Waals surface area (Å²) in [6, 6.07) is 5.39. The van der Waals surface area contributed by atoms with Gasteiger partial charge in [-0.1, -0.05) is 6.92 Å². The van der Waals surface area contributed by atoms with Crippen LogP contribution in [0.25, 0.3) is 0 Å². The van der Waals surface area contributed by atoms with Crippen molar-refractivity contribution in [3.63, 3.8) is 0 Å². The Bertz CT molecular complexity index is 380. The lowest BCUT2D eigenvalue weighted by Gasteiger charge is -2.14. The summed E-state index contributed by atoms with van der Waals surface area (Å²) < 4.78 is 1.77. The number of rotatable bonds is 4. The number of hydrogen-bond acceptors (Lipinski definition) is 2. The average Bonchev–Trinajstić information content (AvgIpc) is 2.28. The van der Waals surface area contributed by atoms with E-state index in [0.717, 1.165) is 8.04 Å². The molecule has 1 unspecified atom stereocenters. The van der Waals surface area contributed by atoms with E-state index in [-0.39, 0.29) is 18.6 Å². The lowest BCUT2D eigenvalue weighted by molar-refractivity contribution is 0.0914. The molecule has 0 saturated carbocycles. The Hall–Kier alpha value is -0.140. The highest BCUT2D eigenvalue weighted by Gasteiger charge is 2.14. The van der Waals surface area contributed by atoms with Crippen molar-refractivity contribution in [2.45, 2.75) is 19.4 Å². The third-order valence-corrected chi connectivity index (χ3v) is 3.58. The van der Waals surface area contributed by atoms with Gasteiger partial charge in [0.05, 0.1) is 18.2 Å². The van der Waals surface area contributed by atoms with E-state index in [4.69, 9.17) is 5.11 Å². The van der Waals surface area contributed by atoms with Gasteiger partial charge in [-0.2, -0.15) is 0 Å². The number of aliphatic hydroxyl groups is 1. The molecule has 1 atom stereocenters. The molecule has 16 heavy (non-hydrogen) atoms. The van der Waals surface area contributed by atoms with E-state index < -0.39 is 0 Å². The van der Waals surface area contributed by atoms with Crippen LogP contribution in [0.2, 0.25) is 0 Å².